The Morgan fingerprint density at radius 2 is 2.08 bits per heavy atom. The molecule has 1 saturated heterocycles. The first-order valence-electron chi connectivity index (χ1n) is 3.33. The molecule has 1 fully saturated rings. The van der Waals surface area contributed by atoms with E-state index >= 15 is 0 Å². The molecule has 0 aliphatic carbocycles. The Kier molecular flexibility index (Phi) is 8.62. The maximum absolute atomic E-state index is 10.2. The van der Waals surface area contributed by atoms with Gasteiger partial charge in [-0.2, -0.15) is 5.06 Å². The summed E-state index contributed by atoms with van der Waals surface area (Å²) in [6, 6.07) is 0. The number of hydrogen-bond donors (Lipinski definition) is 2. The second-order valence-electron chi connectivity index (χ2n) is 2.51. The number of hydrogen-bond acceptors (Lipinski definition) is 4. The maximum atomic E-state index is 10.2. The van der Waals surface area contributed by atoms with Gasteiger partial charge in [-0.3, -0.25) is 9.63 Å². The zero-order valence-electron chi connectivity index (χ0n) is 7.40. The van der Waals surface area contributed by atoms with Crippen molar-refractivity contribution in [1.82, 2.24) is 10.5 Å². The Bertz CT molecular complexity index is 129. The lowest BCUT2D eigenvalue weighted by Gasteiger charge is -1.91. The number of amides is 1. The lowest BCUT2D eigenvalue weighted by Crippen LogP contribution is -2.11. The third kappa shape index (κ3) is 9.64. The van der Waals surface area contributed by atoms with Crippen LogP contribution < -0.4 is 5.48 Å². The number of carbonyl (C=O) groups is 1. The lowest BCUT2D eigenvalue weighted by molar-refractivity contribution is -0.124. The summed E-state index contributed by atoms with van der Waals surface area (Å²) in [7, 11) is 3.11. The fraction of sp³-hybridized carbons (Fsp3) is 0.833. The van der Waals surface area contributed by atoms with Gasteiger partial charge in [0.15, 0.2) is 0 Å². The second-order valence-corrected chi connectivity index (χ2v) is 2.51. The monoisotopic (exact) mass is 198 g/mol. The van der Waals surface area contributed by atoms with E-state index in [0.717, 1.165) is 5.06 Å². The van der Waals surface area contributed by atoms with Gasteiger partial charge in [-0.15, -0.1) is 12.4 Å². The van der Waals surface area contributed by atoms with E-state index in [9.17, 15) is 4.79 Å². The van der Waals surface area contributed by atoms with Gasteiger partial charge < -0.3 is 5.21 Å². The van der Waals surface area contributed by atoms with E-state index in [4.69, 9.17) is 5.21 Å². The van der Waals surface area contributed by atoms with Crippen LogP contribution in [-0.2, 0) is 9.63 Å². The number of nitrogens with zero attached hydrogens (tertiary/aromatic N) is 1. The Morgan fingerprint density at radius 1 is 1.67 bits per heavy atom. The fourth-order valence-electron chi connectivity index (χ4n) is 0.511. The normalized spacial score (nSPS) is 20.8. The quantitative estimate of drug-likeness (QED) is 0.546. The van der Waals surface area contributed by atoms with Gasteiger partial charge in [-0.05, 0) is 6.92 Å². The van der Waals surface area contributed by atoms with Gasteiger partial charge in [0.1, 0.15) is 0 Å². The third-order valence-corrected chi connectivity index (χ3v) is 0.847. The first kappa shape index (κ1) is 14.2. The summed E-state index contributed by atoms with van der Waals surface area (Å²) in [5.41, 5.74) is 2.23. The molecule has 2 N–H and O–H groups in total. The Balaban J connectivity index is 0. The number of nitrogens with one attached hydrogen (secondary N) is 1. The van der Waals surface area contributed by atoms with Crippen LogP contribution >= 0.6 is 12.4 Å². The summed E-state index contributed by atoms with van der Waals surface area (Å²) in [5.74, 6) is -0.0208. The van der Waals surface area contributed by atoms with Crippen molar-refractivity contribution in [3.05, 3.63) is 0 Å². The van der Waals surface area contributed by atoms with Crippen molar-refractivity contribution in [2.45, 2.75) is 19.4 Å². The van der Waals surface area contributed by atoms with Crippen LogP contribution in [0.5, 0.6) is 0 Å². The summed E-state index contributed by atoms with van der Waals surface area (Å²) in [6.07, 6.45) is 0.562. The summed E-state index contributed by atoms with van der Waals surface area (Å²) < 4.78 is 0. The zero-order chi connectivity index (χ0) is 8.85. The Morgan fingerprint density at radius 3 is 2.17 bits per heavy atom. The predicted molar refractivity (Wildman–Crippen MR) is 46.0 cm³/mol. The summed E-state index contributed by atoms with van der Waals surface area (Å²) >= 11 is 0. The third-order valence-electron chi connectivity index (χ3n) is 0.847. The molecule has 12 heavy (non-hydrogen) atoms. The molecule has 1 rings (SSSR count). The molecule has 0 spiro atoms. The standard InChI is InChI=1S/C4H7NO2.C2H7NO.ClH/c1-3-2-4(6)5-7-3;1-3(2)4;/h3H,2H2,1H3,(H,5,6);4H,1-2H3;1H. The van der Waals surface area contributed by atoms with E-state index in [-0.39, 0.29) is 24.4 Å². The lowest BCUT2D eigenvalue weighted by atomic mass is 10.3. The molecule has 1 atom stereocenters. The van der Waals surface area contributed by atoms with Crippen molar-refractivity contribution in [2.75, 3.05) is 14.1 Å². The molecule has 0 aromatic rings. The molecule has 0 bridgehead atoms. The van der Waals surface area contributed by atoms with Crippen LogP contribution in [0.1, 0.15) is 13.3 Å². The van der Waals surface area contributed by atoms with Gasteiger partial charge in [0.2, 0.25) is 5.91 Å². The minimum atomic E-state index is -0.0208. The van der Waals surface area contributed by atoms with E-state index in [1.807, 2.05) is 6.92 Å². The van der Waals surface area contributed by atoms with Crippen molar-refractivity contribution < 1.29 is 14.8 Å². The average molecular weight is 199 g/mol. The number of carbonyl (C=O) groups excluding carboxylic acids is 1. The summed E-state index contributed by atoms with van der Waals surface area (Å²) in [4.78, 5) is 14.9. The molecule has 1 heterocycles. The molecule has 0 saturated carbocycles. The van der Waals surface area contributed by atoms with Crippen LogP contribution in [0.2, 0.25) is 0 Å². The van der Waals surface area contributed by atoms with Crippen molar-refractivity contribution in [1.29, 1.82) is 0 Å². The highest BCUT2D eigenvalue weighted by Gasteiger charge is 2.16. The number of rotatable bonds is 0. The molecular formula is C6H15ClN2O3. The summed E-state index contributed by atoms with van der Waals surface area (Å²) in [5, 5.41) is 8.89. The van der Waals surface area contributed by atoms with Gasteiger partial charge in [0.25, 0.3) is 0 Å². The van der Waals surface area contributed by atoms with Gasteiger partial charge in [0.05, 0.1) is 12.5 Å². The Hall–Kier alpha value is -0.360. The van der Waals surface area contributed by atoms with Gasteiger partial charge in [-0.25, -0.2) is 5.48 Å². The molecule has 0 aromatic heterocycles. The highest BCUT2D eigenvalue weighted by Crippen LogP contribution is 2.00. The van der Waals surface area contributed by atoms with E-state index in [1.165, 1.54) is 0 Å². The van der Waals surface area contributed by atoms with Crippen molar-refractivity contribution in [3.63, 3.8) is 0 Å². The van der Waals surface area contributed by atoms with E-state index in [0.29, 0.717) is 6.42 Å². The molecule has 0 aromatic carbocycles. The molecule has 1 unspecified atom stereocenters. The van der Waals surface area contributed by atoms with Crippen LogP contribution in [0.15, 0.2) is 0 Å². The van der Waals surface area contributed by atoms with Crippen LogP contribution in [-0.4, -0.2) is 36.4 Å². The zero-order valence-corrected chi connectivity index (χ0v) is 8.22. The van der Waals surface area contributed by atoms with Crippen LogP contribution in [0, 0.1) is 0 Å². The largest absolute Gasteiger partial charge is 0.315 e. The Labute approximate surface area is 78.0 Å². The van der Waals surface area contributed by atoms with Crippen molar-refractivity contribution in [2.24, 2.45) is 0 Å². The van der Waals surface area contributed by atoms with Crippen molar-refractivity contribution >= 4 is 18.3 Å². The van der Waals surface area contributed by atoms with Gasteiger partial charge >= 0.3 is 0 Å². The molecular weight excluding hydrogens is 184 g/mol. The molecule has 6 heteroatoms. The minimum absolute atomic E-state index is 0. The number of halogens is 1. The van der Waals surface area contributed by atoms with Crippen molar-refractivity contribution in [3.8, 4) is 0 Å². The molecule has 1 amide bonds. The van der Waals surface area contributed by atoms with E-state index in [1.54, 1.807) is 14.1 Å². The second kappa shape index (κ2) is 7.30. The highest BCUT2D eigenvalue weighted by atomic mass is 35.5. The van der Waals surface area contributed by atoms with Crippen LogP contribution in [0.4, 0.5) is 0 Å². The topological polar surface area (TPSA) is 61.8 Å². The van der Waals surface area contributed by atoms with Gasteiger partial charge in [0, 0.05) is 14.1 Å². The van der Waals surface area contributed by atoms with E-state index < -0.39 is 0 Å². The maximum Gasteiger partial charge on any atom is 0.246 e. The fourth-order valence-corrected chi connectivity index (χ4v) is 0.511. The minimum Gasteiger partial charge on any atom is -0.315 e. The summed E-state index contributed by atoms with van der Waals surface area (Å²) in [6.45, 7) is 1.85. The molecule has 1 aliphatic rings. The first-order chi connectivity index (χ1) is 5.02. The molecule has 5 nitrogen and oxygen atoms in total. The highest BCUT2D eigenvalue weighted by molar-refractivity contribution is 5.85. The van der Waals surface area contributed by atoms with Crippen LogP contribution in [0.3, 0.4) is 0 Å². The first-order valence-corrected chi connectivity index (χ1v) is 3.33. The van der Waals surface area contributed by atoms with E-state index in [2.05, 4.69) is 10.3 Å². The van der Waals surface area contributed by atoms with Crippen LogP contribution in [0.25, 0.3) is 0 Å². The molecule has 1 aliphatic heterocycles. The molecule has 0 radical (unpaired) electrons. The SMILES string of the molecule is CC1CC(=O)NO1.CN(C)O.Cl. The number of hydroxylamine groups is 3. The smallest absolute Gasteiger partial charge is 0.246 e. The molecule has 74 valence electrons. The van der Waals surface area contributed by atoms with Gasteiger partial charge in [-0.1, -0.05) is 0 Å². The predicted octanol–water partition coefficient (Wildman–Crippen LogP) is 0.185. The average Bonchev–Trinajstić information content (AvgIpc) is 2.13.